The van der Waals surface area contributed by atoms with E-state index in [9.17, 15) is 9.59 Å². The Bertz CT molecular complexity index is 1170. The van der Waals surface area contributed by atoms with E-state index in [0.717, 1.165) is 4.47 Å². The molecule has 0 N–H and O–H groups in total. The predicted molar refractivity (Wildman–Crippen MR) is 115 cm³/mol. The van der Waals surface area contributed by atoms with Gasteiger partial charge in [0.2, 0.25) is 11.8 Å². The molecule has 2 atom stereocenters. The number of para-hydroxylation sites is 1. The standard InChI is InChI=1S/C25H18BrNO2/c1-25-16-10-4-2-8-14(16)20(15-9-3-5-11-17(15)25)21-22(25)24(29)27(23(21)28)19-13-7-6-12-18(19)26/h2-13,20-22H,1H3/t20?,21-,22+,25?/m0/s1. The molecular formula is C25H18BrNO2. The quantitative estimate of drug-likeness (QED) is 0.495. The second kappa shape index (κ2) is 5.67. The summed E-state index contributed by atoms with van der Waals surface area (Å²) >= 11 is 3.53. The van der Waals surface area contributed by atoms with Crippen molar-refractivity contribution >= 4 is 33.4 Å². The first-order valence-corrected chi connectivity index (χ1v) is 10.7. The zero-order valence-corrected chi connectivity index (χ0v) is 17.4. The van der Waals surface area contributed by atoms with E-state index in [-0.39, 0.29) is 23.7 Å². The minimum atomic E-state index is -0.518. The van der Waals surface area contributed by atoms with Gasteiger partial charge in [-0.2, -0.15) is 0 Å². The Hall–Kier alpha value is -2.72. The fraction of sp³-hybridized carbons (Fsp3) is 0.200. The summed E-state index contributed by atoms with van der Waals surface area (Å²) in [6.45, 7) is 2.15. The molecule has 29 heavy (non-hydrogen) atoms. The monoisotopic (exact) mass is 443 g/mol. The molecular weight excluding hydrogens is 426 g/mol. The molecule has 1 saturated heterocycles. The number of carbonyl (C=O) groups is 2. The van der Waals surface area contributed by atoms with Crippen molar-refractivity contribution in [2.24, 2.45) is 11.8 Å². The van der Waals surface area contributed by atoms with Gasteiger partial charge < -0.3 is 0 Å². The molecule has 0 radical (unpaired) electrons. The van der Waals surface area contributed by atoms with Crippen LogP contribution >= 0.6 is 15.9 Å². The molecule has 1 aliphatic heterocycles. The van der Waals surface area contributed by atoms with Crippen molar-refractivity contribution in [1.29, 1.82) is 0 Å². The number of halogens is 1. The van der Waals surface area contributed by atoms with Crippen LogP contribution in [0.2, 0.25) is 0 Å². The fourth-order valence-electron chi connectivity index (χ4n) is 6.02. The highest BCUT2D eigenvalue weighted by molar-refractivity contribution is 9.10. The van der Waals surface area contributed by atoms with E-state index in [1.54, 1.807) is 0 Å². The van der Waals surface area contributed by atoms with E-state index in [1.165, 1.54) is 27.2 Å². The molecule has 0 spiro atoms. The highest BCUT2D eigenvalue weighted by Gasteiger charge is 2.66. The van der Waals surface area contributed by atoms with Gasteiger partial charge in [0.15, 0.2) is 0 Å². The third-order valence-electron chi connectivity index (χ3n) is 7.14. The van der Waals surface area contributed by atoms with Gasteiger partial charge in [0.05, 0.1) is 17.5 Å². The molecule has 3 nitrogen and oxygen atoms in total. The fourth-order valence-corrected chi connectivity index (χ4v) is 6.48. The zero-order valence-electron chi connectivity index (χ0n) is 15.8. The summed E-state index contributed by atoms with van der Waals surface area (Å²) in [5.74, 6) is -1.03. The molecule has 1 fully saturated rings. The molecule has 0 saturated carbocycles. The van der Waals surface area contributed by atoms with Gasteiger partial charge >= 0.3 is 0 Å². The first-order chi connectivity index (χ1) is 14.0. The number of rotatable bonds is 1. The first-order valence-electron chi connectivity index (χ1n) is 9.86. The van der Waals surface area contributed by atoms with Crippen LogP contribution in [0, 0.1) is 11.8 Å². The maximum atomic E-state index is 13.8. The van der Waals surface area contributed by atoms with Crippen molar-refractivity contribution in [3.05, 3.63) is 99.5 Å². The van der Waals surface area contributed by atoms with Crippen molar-refractivity contribution in [3.8, 4) is 0 Å². The van der Waals surface area contributed by atoms with Gasteiger partial charge in [-0.15, -0.1) is 0 Å². The molecule has 0 aromatic heterocycles. The highest BCUT2D eigenvalue weighted by atomic mass is 79.9. The first kappa shape index (κ1) is 17.2. The van der Waals surface area contributed by atoms with Crippen molar-refractivity contribution in [3.63, 3.8) is 0 Å². The summed E-state index contributed by atoms with van der Waals surface area (Å²) in [6, 6.07) is 24.1. The van der Waals surface area contributed by atoms with Gasteiger partial charge in [0.25, 0.3) is 0 Å². The molecule has 4 heteroatoms. The van der Waals surface area contributed by atoms with Crippen LogP contribution < -0.4 is 4.90 Å². The molecule has 7 rings (SSSR count). The van der Waals surface area contributed by atoms with Crippen molar-refractivity contribution in [2.45, 2.75) is 18.3 Å². The number of anilines is 1. The van der Waals surface area contributed by atoms with Crippen LogP contribution in [0.3, 0.4) is 0 Å². The lowest BCUT2D eigenvalue weighted by Gasteiger charge is -2.52. The summed E-state index contributed by atoms with van der Waals surface area (Å²) in [4.78, 5) is 29.0. The van der Waals surface area contributed by atoms with E-state index in [1.807, 2.05) is 48.5 Å². The van der Waals surface area contributed by atoms with Gasteiger partial charge in [-0.25, -0.2) is 4.90 Å². The number of imide groups is 1. The summed E-state index contributed by atoms with van der Waals surface area (Å²) in [5.41, 5.74) is 4.85. The Kier molecular flexibility index (Phi) is 3.35. The molecule has 2 bridgehead atoms. The average molecular weight is 444 g/mol. The summed E-state index contributed by atoms with van der Waals surface area (Å²) in [7, 11) is 0. The van der Waals surface area contributed by atoms with E-state index in [0.29, 0.717) is 5.69 Å². The number of hydrogen-bond acceptors (Lipinski definition) is 2. The lowest BCUT2D eigenvalue weighted by molar-refractivity contribution is -0.123. The molecule has 3 aliphatic carbocycles. The molecule has 142 valence electrons. The van der Waals surface area contributed by atoms with Crippen molar-refractivity contribution in [2.75, 3.05) is 4.90 Å². The van der Waals surface area contributed by atoms with E-state index >= 15 is 0 Å². The summed E-state index contributed by atoms with van der Waals surface area (Å²) < 4.78 is 0.757. The van der Waals surface area contributed by atoms with Crippen LogP contribution in [0.1, 0.15) is 35.1 Å². The van der Waals surface area contributed by atoms with Crippen LogP contribution in [-0.2, 0) is 15.0 Å². The second-order valence-corrected chi connectivity index (χ2v) is 9.18. The number of amides is 2. The minimum Gasteiger partial charge on any atom is -0.274 e. The lowest BCUT2D eigenvalue weighted by Crippen LogP contribution is -2.51. The second-order valence-electron chi connectivity index (χ2n) is 8.32. The third kappa shape index (κ3) is 1.93. The average Bonchev–Trinajstić information content (AvgIpc) is 3.01. The van der Waals surface area contributed by atoms with Gasteiger partial charge in [-0.05, 0) is 50.3 Å². The Balaban J connectivity index is 1.64. The van der Waals surface area contributed by atoms with Gasteiger partial charge in [0, 0.05) is 15.8 Å². The van der Waals surface area contributed by atoms with Crippen LogP contribution in [0.5, 0.6) is 0 Å². The van der Waals surface area contributed by atoms with E-state index in [4.69, 9.17) is 0 Å². The number of nitrogens with zero attached hydrogens (tertiary/aromatic N) is 1. The van der Waals surface area contributed by atoms with Crippen LogP contribution in [0.4, 0.5) is 5.69 Å². The number of hydrogen-bond donors (Lipinski definition) is 0. The largest absolute Gasteiger partial charge is 0.274 e. The third-order valence-corrected chi connectivity index (χ3v) is 7.81. The number of carbonyl (C=O) groups excluding carboxylic acids is 2. The lowest BCUT2D eigenvalue weighted by atomic mass is 9.48. The molecule has 4 aliphatic rings. The number of benzene rings is 3. The Morgan fingerprint density at radius 3 is 1.97 bits per heavy atom. The van der Waals surface area contributed by atoms with Crippen LogP contribution in [0.25, 0.3) is 0 Å². The van der Waals surface area contributed by atoms with Crippen molar-refractivity contribution in [1.82, 2.24) is 0 Å². The zero-order chi connectivity index (χ0) is 19.9. The Labute approximate surface area is 177 Å². The minimum absolute atomic E-state index is 0.0850. The topological polar surface area (TPSA) is 37.4 Å². The molecule has 1 heterocycles. The molecule has 3 aromatic carbocycles. The van der Waals surface area contributed by atoms with E-state index in [2.05, 4.69) is 47.1 Å². The molecule has 2 amide bonds. The SMILES string of the molecule is CC12c3ccccc3C(c3ccccc31)[C@@H]1C(=O)N(c3ccccc3Br)C(=O)[C@@H]12. The Morgan fingerprint density at radius 2 is 1.34 bits per heavy atom. The maximum Gasteiger partial charge on any atom is 0.238 e. The maximum absolute atomic E-state index is 13.8. The van der Waals surface area contributed by atoms with Gasteiger partial charge in [-0.3, -0.25) is 9.59 Å². The van der Waals surface area contributed by atoms with Crippen LogP contribution in [0.15, 0.2) is 77.3 Å². The normalized spacial score (nSPS) is 28.9. The van der Waals surface area contributed by atoms with Crippen LogP contribution in [-0.4, -0.2) is 11.8 Å². The highest BCUT2D eigenvalue weighted by Crippen LogP contribution is 2.64. The smallest absolute Gasteiger partial charge is 0.238 e. The summed E-state index contributed by atoms with van der Waals surface area (Å²) in [6.07, 6.45) is 0. The van der Waals surface area contributed by atoms with E-state index < -0.39 is 11.3 Å². The summed E-state index contributed by atoms with van der Waals surface area (Å²) in [5, 5.41) is 0. The van der Waals surface area contributed by atoms with Crippen molar-refractivity contribution < 1.29 is 9.59 Å². The van der Waals surface area contributed by atoms with Gasteiger partial charge in [0.1, 0.15) is 0 Å². The predicted octanol–water partition coefficient (Wildman–Crippen LogP) is 5.02. The molecule has 0 unspecified atom stereocenters. The van der Waals surface area contributed by atoms with Gasteiger partial charge in [-0.1, -0.05) is 67.6 Å². The molecule has 3 aromatic rings. The Morgan fingerprint density at radius 1 is 0.793 bits per heavy atom.